The predicted molar refractivity (Wildman–Crippen MR) is 140 cm³/mol. The van der Waals surface area contributed by atoms with E-state index in [2.05, 4.69) is 22.9 Å². The number of carbonyl (C=O) groups excluding carboxylic acids is 1. The SMILES string of the molecule is CCn1c(=O)c(C=C2SC(=S)N(CCCOC)C2=O)c(N2CCN(C)CC2)c2ccccc21. The van der Waals surface area contributed by atoms with E-state index in [-0.39, 0.29) is 11.5 Å². The van der Waals surface area contributed by atoms with Gasteiger partial charge in [-0.3, -0.25) is 14.5 Å². The second-order valence-electron chi connectivity index (χ2n) is 8.30. The van der Waals surface area contributed by atoms with Gasteiger partial charge in [0.05, 0.1) is 21.7 Å². The minimum absolute atomic E-state index is 0.0743. The van der Waals surface area contributed by atoms with Gasteiger partial charge >= 0.3 is 0 Å². The molecule has 2 fully saturated rings. The highest BCUT2D eigenvalue weighted by Crippen LogP contribution is 2.36. The van der Waals surface area contributed by atoms with Gasteiger partial charge in [-0.1, -0.05) is 42.2 Å². The number of hydrogen-bond donors (Lipinski definition) is 0. The Morgan fingerprint density at radius 2 is 1.88 bits per heavy atom. The summed E-state index contributed by atoms with van der Waals surface area (Å²) in [6, 6.07) is 8.04. The van der Waals surface area contributed by atoms with Crippen LogP contribution in [0.1, 0.15) is 18.9 Å². The van der Waals surface area contributed by atoms with Crippen molar-refractivity contribution in [1.82, 2.24) is 14.4 Å². The normalized spacial score (nSPS) is 18.8. The zero-order chi connectivity index (χ0) is 23.5. The number of rotatable bonds is 7. The van der Waals surface area contributed by atoms with Gasteiger partial charge in [-0.15, -0.1) is 0 Å². The first-order chi connectivity index (χ1) is 16.0. The van der Waals surface area contributed by atoms with Crippen molar-refractivity contribution >= 4 is 56.9 Å². The Hall–Kier alpha value is -2.20. The number of fused-ring (bicyclic) bond motifs is 1. The monoisotopic (exact) mass is 486 g/mol. The summed E-state index contributed by atoms with van der Waals surface area (Å²) >= 11 is 6.75. The molecule has 0 bridgehead atoms. The molecule has 0 aliphatic carbocycles. The van der Waals surface area contributed by atoms with Gasteiger partial charge in [-0.2, -0.15) is 0 Å². The lowest BCUT2D eigenvalue weighted by molar-refractivity contribution is -0.122. The van der Waals surface area contributed by atoms with E-state index in [1.54, 1.807) is 22.7 Å². The molecular formula is C24H30N4O3S2. The number of hydrogen-bond acceptors (Lipinski definition) is 7. The van der Waals surface area contributed by atoms with E-state index in [0.29, 0.717) is 40.9 Å². The van der Waals surface area contributed by atoms with Gasteiger partial charge in [0.15, 0.2) is 0 Å². The highest BCUT2D eigenvalue weighted by atomic mass is 32.2. The predicted octanol–water partition coefficient (Wildman–Crippen LogP) is 3.01. The van der Waals surface area contributed by atoms with E-state index >= 15 is 0 Å². The van der Waals surface area contributed by atoms with Crippen molar-refractivity contribution in [1.29, 1.82) is 0 Å². The molecule has 176 valence electrons. The number of thioether (sulfide) groups is 1. The van der Waals surface area contributed by atoms with E-state index in [0.717, 1.165) is 42.8 Å². The van der Waals surface area contributed by atoms with Crippen LogP contribution in [-0.2, 0) is 16.1 Å². The van der Waals surface area contributed by atoms with Crippen LogP contribution in [0, 0.1) is 0 Å². The molecule has 7 nitrogen and oxygen atoms in total. The average molecular weight is 487 g/mol. The van der Waals surface area contributed by atoms with Gasteiger partial charge in [0.1, 0.15) is 4.32 Å². The summed E-state index contributed by atoms with van der Waals surface area (Å²) in [4.78, 5) is 33.6. The molecule has 1 aromatic carbocycles. The Morgan fingerprint density at radius 3 is 2.58 bits per heavy atom. The van der Waals surface area contributed by atoms with E-state index in [1.165, 1.54) is 11.8 Å². The lowest BCUT2D eigenvalue weighted by Crippen LogP contribution is -2.45. The molecule has 9 heteroatoms. The fourth-order valence-electron chi connectivity index (χ4n) is 4.42. The Balaban J connectivity index is 1.84. The fraction of sp³-hybridized carbons (Fsp3) is 0.458. The first-order valence-corrected chi connectivity index (χ1v) is 12.5. The fourth-order valence-corrected chi connectivity index (χ4v) is 5.71. The molecule has 1 aromatic heterocycles. The Morgan fingerprint density at radius 1 is 1.15 bits per heavy atom. The number of piperazine rings is 1. The quantitative estimate of drug-likeness (QED) is 0.339. The molecule has 0 spiro atoms. The molecule has 2 aliphatic rings. The summed E-state index contributed by atoms with van der Waals surface area (Å²) in [5, 5.41) is 1.03. The van der Waals surface area contributed by atoms with Gasteiger partial charge in [0, 0.05) is 58.4 Å². The topological polar surface area (TPSA) is 58.0 Å². The third kappa shape index (κ3) is 4.73. The van der Waals surface area contributed by atoms with Crippen molar-refractivity contribution in [3.05, 3.63) is 45.1 Å². The summed E-state index contributed by atoms with van der Waals surface area (Å²) in [5.74, 6) is -0.138. The third-order valence-corrected chi connectivity index (χ3v) is 7.57. The van der Waals surface area contributed by atoms with Gasteiger partial charge in [-0.25, -0.2) is 0 Å². The summed E-state index contributed by atoms with van der Waals surface area (Å²) in [5.41, 5.74) is 2.33. The molecule has 4 rings (SSSR count). The summed E-state index contributed by atoms with van der Waals surface area (Å²) in [7, 11) is 3.75. The number of carbonyl (C=O) groups is 1. The Bertz CT molecular complexity index is 1150. The number of anilines is 1. The highest BCUT2D eigenvalue weighted by molar-refractivity contribution is 8.26. The zero-order valence-corrected chi connectivity index (χ0v) is 21.0. The second kappa shape index (κ2) is 10.4. The average Bonchev–Trinajstić information content (AvgIpc) is 3.08. The third-order valence-electron chi connectivity index (χ3n) is 6.20. The van der Waals surface area contributed by atoms with Crippen LogP contribution in [0.2, 0.25) is 0 Å². The van der Waals surface area contributed by atoms with Gasteiger partial charge in [-0.05, 0) is 32.5 Å². The van der Waals surface area contributed by atoms with E-state index in [9.17, 15) is 9.59 Å². The first kappa shape index (κ1) is 23.9. The lowest BCUT2D eigenvalue weighted by Gasteiger charge is -2.35. The largest absolute Gasteiger partial charge is 0.385 e. The number of aryl methyl sites for hydroxylation is 1. The number of thiocarbonyl (C=S) groups is 1. The molecule has 2 saturated heterocycles. The number of para-hydroxylation sites is 1. The number of ether oxygens (including phenoxy) is 1. The maximum atomic E-state index is 13.7. The van der Waals surface area contributed by atoms with Crippen LogP contribution in [0.25, 0.3) is 17.0 Å². The summed E-state index contributed by atoms with van der Waals surface area (Å²) in [6.07, 6.45) is 2.48. The molecule has 0 atom stereocenters. The van der Waals surface area contributed by atoms with E-state index < -0.39 is 0 Å². The smallest absolute Gasteiger partial charge is 0.266 e. The number of methoxy groups -OCH3 is 1. The van der Waals surface area contributed by atoms with Crippen molar-refractivity contribution in [2.45, 2.75) is 19.9 Å². The number of likely N-dealkylation sites (N-methyl/N-ethyl adjacent to an activating group) is 1. The molecule has 0 unspecified atom stereocenters. The van der Waals surface area contributed by atoms with Crippen molar-refractivity contribution in [2.24, 2.45) is 0 Å². The molecule has 2 aromatic rings. The number of nitrogens with zero attached hydrogens (tertiary/aromatic N) is 4. The molecule has 0 radical (unpaired) electrons. The maximum absolute atomic E-state index is 13.7. The van der Waals surface area contributed by atoms with E-state index in [4.69, 9.17) is 17.0 Å². The summed E-state index contributed by atoms with van der Waals surface area (Å²) < 4.78 is 7.43. The Labute approximate surface area is 204 Å². The second-order valence-corrected chi connectivity index (χ2v) is 9.97. The number of amides is 1. The minimum atomic E-state index is -0.138. The standard InChI is InChI=1S/C24H30N4O3S2/c1-4-27-19-9-6-5-8-17(19)21(26-13-11-25(2)12-14-26)18(22(27)29)16-20-23(30)28(24(32)33-20)10-7-15-31-3/h5-6,8-9,16H,4,7,10-15H2,1-3H3. The molecular weight excluding hydrogens is 456 g/mol. The van der Waals surface area contributed by atoms with Gasteiger partial charge in [0.2, 0.25) is 0 Å². The van der Waals surface area contributed by atoms with Crippen molar-refractivity contribution in [3.63, 3.8) is 0 Å². The van der Waals surface area contributed by atoms with Crippen LogP contribution >= 0.6 is 24.0 Å². The molecule has 0 N–H and O–H groups in total. The molecule has 1 amide bonds. The van der Waals surface area contributed by atoms with Crippen LogP contribution < -0.4 is 10.5 Å². The molecule has 2 aliphatic heterocycles. The van der Waals surface area contributed by atoms with Crippen LogP contribution in [0.3, 0.4) is 0 Å². The van der Waals surface area contributed by atoms with Crippen molar-refractivity contribution in [2.75, 3.05) is 58.4 Å². The highest BCUT2D eigenvalue weighted by Gasteiger charge is 2.33. The maximum Gasteiger partial charge on any atom is 0.266 e. The summed E-state index contributed by atoms with van der Waals surface area (Å²) in [6.45, 7) is 7.11. The lowest BCUT2D eigenvalue weighted by atomic mass is 10.1. The number of benzene rings is 1. The van der Waals surface area contributed by atoms with Crippen molar-refractivity contribution in [3.8, 4) is 0 Å². The van der Waals surface area contributed by atoms with Crippen LogP contribution in [-0.4, -0.2) is 78.1 Å². The van der Waals surface area contributed by atoms with Gasteiger partial charge in [0.25, 0.3) is 11.5 Å². The Kier molecular flexibility index (Phi) is 7.53. The first-order valence-electron chi connectivity index (χ1n) is 11.3. The molecule has 33 heavy (non-hydrogen) atoms. The molecule has 0 saturated carbocycles. The van der Waals surface area contributed by atoms with Crippen LogP contribution in [0.15, 0.2) is 34.0 Å². The van der Waals surface area contributed by atoms with E-state index in [1.807, 2.05) is 25.1 Å². The number of aromatic nitrogens is 1. The zero-order valence-electron chi connectivity index (χ0n) is 19.4. The van der Waals surface area contributed by atoms with Crippen LogP contribution in [0.5, 0.6) is 0 Å². The minimum Gasteiger partial charge on any atom is -0.385 e. The molecule has 3 heterocycles. The van der Waals surface area contributed by atoms with Crippen LogP contribution in [0.4, 0.5) is 5.69 Å². The van der Waals surface area contributed by atoms with Crippen molar-refractivity contribution < 1.29 is 9.53 Å². The number of pyridine rings is 1. The van der Waals surface area contributed by atoms with Gasteiger partial charge < -0.3 is 19.1 Å².